The van der Waals surface area contributed by atoms with Crippen LogP contribution in [0.2, 0.25) is 0 Å². The van der Waals surface area contributed by atoms with Gasteiger partial charge in [0, 0.05) is 31.9 Å². The number of aliphatic hydroxyl groups is 1. The quantitative estimate of drug-likeness (QED) is 0.299. The lowest BCUT2D eigenvalue weighted by Gasteiger charge is -2.61. The van der Waals surface area contributed by atoms with E-state index in [0.717, 1.165) is 25.0 Å². The minimum atomic E-state index is -2.14. The van der Waals surface area contributed by atoms with Crippen LogP contribution in [-0.2, 0) is 59.5 Å². The van der Waals surface area contributed by atoms with Gasteiger partial charge < -0.3 is 43.2 Å². The van der Waals surface area contributed by atoms with Gasteiger partial charge in [-0.05, 0) is 71.8 Å². The maximum Gasteiger partial charge on any atom is 0.357 e. The van der Waals surface area contributed by atoms with Crippen LogP contribution in [0.15, 0.2) is 24.0 Å². The fourth-order valence-electron chi connectivity index (χ4n) is 7.26. The molecule has 1 spiro atoms. The molecule has 47 heavy (non-hydrogen) atoms. The molecule has 1 saturated heterocycles. The van der Waals surface area contributed by atoms with E-state index in [4.69, 9.17) is 33.2 Å². The van der Waals surface area contributed by atoms with Crippen LogP contribution in [0.4, 0.5) is 0 Å². The van der Waals surface area contributed by atoms with E-state index in [-0.39, 0.29) is 18.2 Å². The van der Waals surface area contributed by atoms with Gasteiger partial charge in [0.15, 0.2) is 23.7 Å². The zero-order chi connectivity index (χ0) is 34.6. The van der Waals surface area contributed by atoms with Crippen molar-refractivity contribution in [1.82, 2.24) is 4.90 Å². The molecule has 1 aromatic carbocycles. The monoisotopic (exact) mass is 659 g/mol. The van der Waals surface area contributed by atoms with Gasteiger partial charge in [-0.15, -0.1) is 0 Å². The molecule has 1 N–H and O–H groups in total. The molecule has 1 unspecified atom stereocenters. The van der Waals surface area contributed by atoms with Crippen LogP contribution in [0.1, 0.15) is 65.5 Å². The van der Waals surface area contributed by atoms with E-state index < -0.39 is 70.9 Å². The SMILES string of the molecule is COc1ccc2c3c1O[C@H]1C(OC(=O)[C@@H](OC(C)=O)[C@H](OC(C)=O)C(=O)OC(C)C(=O)OC(C)(C)C)=CC[C@@]4(O)[C@@H](C2)N(C)CC[C@]314. The number of rotatable bonds is 9. The zero-order valence-corrected chi connectivity index (χ0v) is 27.7. The summed E-state index contributed by atoms with van der Waals surface area (Å²) in [6, 6.07) is 3.49. The van der Waals surface area contributed by atoms with Crippen molar-refractivity contribution < 1.29 is 62.2 Å². The number of nitrogens with zero attached hydrogens (tertiary/aromatic N) is 1. The average Bonchev–Trinajstić information content (AvgIpc) is 3.32. The summed E-state index contributed by atoms with van der Waals surface area (Å²) in [5.41, 5.74) is -1.42. The number of carbonyl (C=O) groups is 5. The Labute approximate surface area is 272 Å². The first-order valence-corrected chi connectivity index (χ1v) is 15.4. The number of likely N-dealkylation sites (tertiary alicyclic amines) is 1. The minimum absolute atomic E-state index is 0.0169. The number of ether oxygens (including phenoxy) is 7. The van der Waals surface area contributed by atoms with Gasteiger partial charge >= 0.3 is 29.8 Å². The standard InChI is InChI=1S/C33H41NO13/c1-16(28(37)47-31(4,5)6)42-29(38)25(43-17(2)35)26(44-18(3)36)30(39)45-21-11-12-33(40)22-15-19-9-10-20(41-8)24-23(19)32(33,27(21)46-24)13-14-34(22)7/h9-11,16,22,25-27,40H,12-15H2,1-8H3/t16?,22-,25+,26+,27+,32+,33-/m1/s1. The molecule has 0 radical (unpaired) electrons. The number of likely N-dealkylation sites (N-methyl/N-ethyl adjacent to an activating group) is 1. The van der Waals surface area contributed by atoms with Crippen molar-refractivity contribution in [2.75, 3.05) is 20.7 Å². The van der Waals surface area contributed by atoms with Crippen molar-refractivity contribution in [2.24, 2.45) is 0 Å². The Balaban J connectivity index is 1.47. The molecule has 0 aromatic heterocycles. The fourth-order valence-corrected chi connectivity index (χ4v) is 7.26. The third kappa shape index (κ3) is 5.81. The van der Waals surface area contributed by atoms with E-state index in [1.807, 2.05) is 13.1 Å². The smallest absolute Gasteiger partial charge is 0.357 e. The second-order valence-electron chi connectivity index (χ2n) is 13.4. The highest BCUT2D eigenvalue weighted by Gasteiger charge is 2.72. The third-order valence-corrected chi connectivity index (χ3v) is 9.13. The molecular weight excluding hydrogens is 618 g/mol. The summed E-state index contributed by atoms with van der Waals surface area (Å²) in [5.74, 6) is -4.60. The molecule has 2 aliphatic heterocycles. The predicted molar refractivity (Wildman–Crippen MR) is 160 cm³/mol. The van der Waals surface area contributed by atoms with Gasteiger partial charge in [-0.2, -0.15) is 0 Å². The summed E-state index contributed by atoms with van der Waals surface area (Å²) in [6.07, 6.45) is -4.04. The van der Waals surface area contributed by atoms with Crippen molar-refractivity contribution in [1.29, 1.82) is 0 Å². The van der Waals surface area contributed by atoms with E-state index in [1.165, 1.54) is 14.0 Å². The first-order valence-electron chi connectivity index (χ1n) is 15.4. The van der Waals surface area contributed by atoms with Crippen LogP contribution in [0.3, 0.4) is 0 Å². The van der Waals surface area contributed by atoms with Gasteiger partial charge in [0.1, 0.15) is 11.4 Å². The van der Waals surface area contributed by atoms with Gasteiger partial charge in [-0.25, -0.2) is 14.4 Å². The van der Waals surface area contributed by atoms with Crippen molar-refractivity contribution in [2.45, 2.75) is 108 Å². The molecule has 7 atom stereocenters. The Kier molecular flexibility index (Phi) is 8.82. The molecular formula is C33H41NO13. The summed E-state index contributed by atoms with van der Waals surface area (Å²) in [6.45, 7) is 8.69. The summed E-state index contributed by atoms with van der Waals surface area (Å²) in [4.78, 5) is 66.0. The highest BCUT2D eigenvalue weighted by Crippen LogP contribution is 2.65. The Morgan fingerprint density at radius 2 is 1.64 bits per heavy atom. The Morgan fingerprint density at radius 3 is 2.23 bits per heavy atom. The van der Waals surface area contributed by atoms with Crippen LogP contribution in [-0.4, -0.2) is 102 Å². The molecule has 256 valence electrons. The van der Waals surface area contributed by atoms with E-state index in [0.29, 0.717) is 30.9 Å². The number of esters is 5. The first-order chi connectivity index (χ1) is 21.9. The number of hydrogen-bond acceptors (Lipinski definition) is 14. The predicted octanol–water partition coefficient (Wildman–Crippen LogP) is 1.65. The molecule has 1 aromatic rings. The normalized spacial score (nSPS) is 27.5. The van der Waals surface area contributed by atoms with Gasteiger partial charge in [-0.1, -0.05) is 6.07 Å². The average molecular weight is 660 g/mol. The molecule has 2 bridgehead atoms. The molecule has 2 aliphatic carbocycles. The van der Waals surface area contributed by atoms with Crippen molar-refractivity contribution in [3.63, 3.8) is 0 Å². The number of methoxy groups -OCH3 is 1. The second-order valence-corrected chi connectivity index (χ2v) is 13.4. The zero-order valence-electron chi connectivity index (χ0n) is 27.7. The lowest BCUT2D eigenvalue weighted by atomic mass is 9.50. The van der Waals surface area contributed by atoms with Gasteiger partial charge in [0.2, 0.25) is 12.2 Å². The number of hydrogen-bond donors (Lipinski definition) is 1. The number of benzene rings is 1. The highest BCUT2D eigenvalue weighted by atomic mass is 16.7. The fraction of sp³-hybridized carbons (Fsp3) is 0.606. The third-order valence-electron chi connectivity index (χ3n) is 9.13. The van der Waals surface area contributed by atoms with Gasteiger partial charge in [-0.3, -0.25) is 9.59 Å². The van der Waals surface area contributed by atoms with Crippen LogP contribution in [0.5, 0.6) is 11.5 Å². The van der Waals surface area contributed by atoms with E-state index in [1.54, 1.807) is 32.9 Å². The van der Waals surface area contributed by atoms with E-state index in [9.17, 15) is 29.1 Å². The molecule has 4 aliphatic rings. The summed E-state index contributed by atoms with van der Waals surface area (Å²) < 4.78 is 38.6. The number of piperidine rings is 1. The topological polar surface area (TPSA) is 173 Å². The summed E-state index contributed by atoms with van der Waals surface area (Å²) >= 11 is 0. The molecule has 5 rings (SSSR count). The van der Waals surface area contributed by atoms with E-state index in [2.05, 4.69) is 4.90 Å². The Hall–Kier alpha value is -4.17. The summed E-state index contributed by atoms with van der Waals surface area (Å²) in [7, 11) is 3.46. The minimum Gasteiger partial charge on any atom is -0.493 e. The van der Waals surface area contributed by atoms with Crippen molar-refractivity contribution >= 4 is 29.8 Å². The molecule has 2 heterocycles. The van der Waals surface area contributed by atoms with Crippen LogP contribution in [0, 0.1) is 0 Å². The first kappa shape index (κ1) is 34.2. The Bertz CT molecular complexity index is 1530. The lowest BCUT2D eigenvalue weighted by molar-refractivity contribution is -0.196. The molecule has 1 fully saturated rings. The van der Waals surface area contributed by atoms with Crippen molar-refractivity contribution in [3.8, 4) is 11.5 Å². The highest BCUT2D eigenvalue weighted by molar-refractivity contribution is 5.90. The largest absolute Gasteiger partial charge is 0.493 e. The Morgan fingerprint density at radius 1 is 1.00 bits per heavy atom. The molecule has 0 amide bonds. The molecule has 14 heteroatoms. The molecule has 14 nitrogen and oxygen atoms in total. The lowest BCUT2D eigenvalue weighted by Crippen LogP contribution is -2.74. The van der Waals surface area contributed by atoms with Crippen molar-refractivity contribution in [3.05, 3.63) is 35.1 Å². The second kappa shape index (κ2) is 12.1. The van der Waals surface area contributed by atoms with Gasteiger partial charge in [0.05, 0.1) is 18.1 Å². The maximum atomic E-state index is 13.8. The molecule has 0 saturated carbocycles. The van der Waals surface area contributed by atoms with Crippen LogP contribution >= 0.6 is 0 Å². The maximum absolute atomic E-state index is 13.8. The van der Waals surface area contributed by atoms with E-state index >= 15 is 0 Å². The summed E-state index contributed by atoms with van der Waals surface area (Å²) in [5, 5.41) is 12.4. The van der Waals surface area contributed by atoms with Gasteiger partial charge in [0.25, 0.3) is 0 Å². The van der Waals surface area contributed by atoms with Crippen LogP contribution < -0.4 is 9.47 Å². The van der Waals surface area contributed by atoms with Crippen LogP contribution in [0.25, 0.3) is 0 Å². The number of carbonyl (C=O) groups excluding carboxylic acids is 5.